The van der Waals surface area contributed by atoms with Gasteiger partial charge in [-0.1, -0.05) is 13.0 Å². The highest BCUT2D eigenvalue weighted by Gasteiger charge is 2.38. The molecule has 0 unspecified atom stereocenters. The molecule has 0 aliphatic carbocycles. The molecule has 1 aromatic heterocycles. The molecule has 2 saturated heterocycles. The van der Waals surface area contributed by atoms with E-state index < -0.39 is 12.2 Å². The van der Waals surface area contributed by atoms with E-state index in [1.54, 1.807) is 16.9 Å². The van der Waals surface area contributed by atoms with Crippen LogP contribution in [0.2, 0.25) is 0 Å². The molecule has 3 aliphatic heterocycles. The van der Waals surface area contributed by atoms with Gasteiger partial charge in [-0.3, -0.25) is 19.2 Å². The van der Waals surface area contributed by atoms with Crippen molar-refractivity contribution in [3.8, 4) is 16.9 Å². The van der Waals surface area contributed by atoms with Crippen LogP contribution in [-0.2, 0) is 16.6 Å². The lowest BCUT2D eigenvalue weighted by molar-refractivity contribution is -0.133. The molecule has 3 N–H and O–H groups in total. The Bertz CT molecular complexity index is 1120. The zero-order chi connectivity index (χ0) is 25.9. The predicted octanol–water partition coefficient (Wildman–Crippen LogP) is 1.48. The Morgan fingerprint density at radius 1 is 1.19 bits per heavy atom. The molecule has 2 fully saturated rings. The maximum atomic E-state index is 13.4. The van der Waals surface area contributed by atoms with Crippen molar-refractivity contribution in [2.75, 3.05) is 26.2 Å². The third-order valence-electron chi connectivity index (χ3n) is 7.57. The standard InChI is InChI=1S/C27H37N5O5/c1-3-9-32-16-19-12-22(32)27(35)28-14-25-23(33)7-5-20(37-25)8-10-36-24-11-17(18-13-29-31(2)15-18)4-6-21(24)26(34)30-19/h4,6,11,13,15,19-20,22-23,25,33H,3,5,7-10,12,14,16H2,1-2H3,(H,28,35)(H,30,34)/t19-,20-,22-,23-,25+/m0/s1. The third kappa shape index (κ3) is 5.81. The molecule has 0 saturated carbocycles. The number of nitrogens with zero attached hydrogens (tertiary/aromatic N) is 3. The zero-order valence-electron chi connectivity index (χ0n) is 21.6. The molecule has 5 atom stereocenters. The number of likely N-dealkylation sites (tertiary alicyclic amines) is 1. The SMILES string of the molecule is CCCN1C[C@@H]2C[C@H]1C(=O)NC[C@H]1O[C@H](CCOc3cc(-c4cnn(C)c4)ccc3C(=O)N2)CC[C@@H]1O. The maximum Gasteiger partial charge on any atom is 0.255 e. The van der Waals surface area contributed by atoms with Crippen molar-refractivity contribution in [1.29, 1.82) is 0 Å². The number of carbonyl (C=O) groups is 2. The van der Waals surface area contributed by atoms with Gasteiger partial charge in [-0.25, -0.2) is 0 Å². The van der Waals surface area contributed by atoms with Crippen molar-refractivity contribution in [1.82, 2.24) is 25.3 Å². The molecule has 10 heteroatoms. The van der Waals surface area contributed by atoms with Crippen molar-refractivity contribution in [2.45, 2.75) is 69.4 Å². The number of aliphatic hydroxyl groups is 1. The minimum absolute atomic E-state index is 0.0833. The van der Waals surface area contributed by atoms with E-state index in [1.165, 1.54) is 0 Å². The lowest BCUT2D eigenvalue weighted by atomic mass is 9.99. The van der Waals surface area contributed by atoms with Crippen LogP contribution in [0.1, 0.15) is 49.4 Å². The van der Waals surface area contributed by atoms with E-state index in [-0.39, 0.29) is 36.5 Å². The lowest BCUT2D eigenvalue weighted by Crippen LogP contribution is -2.50. The van der Waals surface area contributed by atoms with Crippen molar-refractivity contribution in [2.24, 2.45) is 7.05 Å². The summed E-state index contributed by atoms with van der Waals surface area (Å²) in [5.74, 6) is 0.218. The van der Waals surface area contributed by atoms with Crippen molar-refractivity contribution in [3.05, 3.63) is 36.2 Å². The smallest absolute Gasteiger partial charge is 0.255 e. The van der Waals surface area contributed by atoms with Crippen molar-refractivity contribution >= 4 is 11.8 Å². The van der Waals surface area contributed by atoms with Gasteiger partial charge in [-0.05, 0) is 49.9 Å². The fourth-order valence-electron chi connectivity index (χ4n) is 5.62. The number of aryl methyl sites for hydroxylation is 1. The van der Waals surface area contributed by atoms with Crippen molar-refractivity contribution in [3.63, 3.8) is 0 Å². The summed E-state index contributed by atoms with van der Waals surface area (Å²) in [6.45, 7) is 4.08. The summed E-state index contributed by atoms with van der Waals surface area (Å²) in [5, 5.41) is 20.9. The Balaban J connectivity index is 1.43. The van der Waals surface area contributed by atoms with Crippen LogP contribution in [0.5, 0.6) is 5.75 Å². The molecule has 0 spiro atoms. The number of hydrogen-bond donors (Lipinski definition) is 3. The fraction of sp³-hybridized carbons (Fsp3) is 0.593. The summed E-state index contributed by atoms with van der Waals surface area (Å²) in [7, 11) is 1.86. The Morgan fingerprint density at radius 3 is 2.84 bits per heavy atom. The average molecular weight is 512 g/mol. The summed E-state index contributed by atoms with van der Waals surface area (Å²) in [4.78, 5) is 28.7. The van der Waals surface area contributed by atoms with Crippen LogP contribution < -0.4 is 15.4 Å². The number of aromatic nitrogens is 2. The van der Waals surface area contributed by atoms with E-state index in [0.717, 1.165) is 24.1 Å². The summed E-state index contributed by atoms with van der Waals surface area (Å²) >= 11 is 0. The minimum Gasteiger partial charge on any atom is -0.493 e. The lowest BCUT2D eigenvalue weighted by Gasteiger charge is -2.34. The Hall–Kier alpha value is -2.95. The van der Waals surface area contributed by atoms with E-state index in [4.69, 9.17) is 9.47 Å². The highest BCUT2D eigenvalue weighted by atomic mass is 16.5. The molecular weight excluding hydrogens is 474 g/mol. The van der Waals surface area contributed by atoms with Crippen molar-refractivity contribution < 1.29 is 24.2 Å². The first-order valence-electron chi connectivity index (χ1n) is 13.3. The van der Waals surface area contributed by atoms with Gasteiger partial charge in [0.2, 0.25) is 5.91 Å². The van der Waals surface area contributed by atoms with Gasteiger partial charge in [0.25, 0.3) is 5.91 Å². The number of rotatable bonds is 3. The molecule has 3 aliphatic rings. The number of nitrogens with one attached hydrogen (secondary N) is 2. The van der Waals surface area contributed by atoms with Gasteiger partial charge < -0.3 is 25.2 Å². The molecule has 0 radical (unpaired) electrons. The number of amides is 2. The van der Waals surface area contributed by atoms with E-state index in [0.29, 0.717) is 50.1 Å². The van der Waals surface area contributed by atoms with Gasteiger partial charge >= 0.3 is 0 Å². The largest absolute Gasteiger partial charge is 0.493 e. The molecule has 200 valence electrons. The van der Waals surface area contributed by atoms with Gasteiger partial charge in [-0.2, -0.15) is 5.10 Å². The van der Waals surface area contributed by atoms with Gasteiger partial charge in [-0.15, -0.1) is 0 Å². The molecule has 2 amide bonds. The topological polar surface area (TPSA) is 118 Å². The Morgan fingerprint density at radius 2 is 2.05 bits per heavy atom. The van der Waals surface area contributed by atoms with Crippen LogP contribution in [-0.4, -0.2) is 88.2 Å². The normalized spacial score (nSPS) is 29.2. The first-order chi connectivity index (χ1) is 17.9. The summed E-state index contributed by atoms with van der Waals surface area (Å²) in [6, 6.07) is 5.09. The van der Waals surface area contributed by atoms with Crippen LogP contribution in [0.25, 0.3) is 11.1 Å². The zero-order valence-corrected chi connectivity index (χ0v) is 21.6. The molecule has 10 nitrogen and oxygen atoms in total. The first kappa shape index (κ1) is 25.7. The highest BCUT2D eigenvalue weighted by molar-refractivity contribution is 5.98. The summed E-state index contributed by atoms with van der Waals surface area (Å²) in [5.41, 5.74) is 2.32. The fourth-order valence-corrected chi connectivity index (χ4v) is 5.62. The summed E-state index contributed by atoms with van der Waals surface area (Å²) < 4.78 is 14.1. The number of carbonyl (C=O) groups excluding carboxylic acids is 2. The van der Waals surface area contributed by atoms with E-state index in [2.05, 4.69) is 27.6 Å². The number of ether oxygens (including phenoxy) is 2. The van der Waals surface area contributed by atoms with Gasteiger partial charge in [0.05, 0.1) is 36.6 Å². The van der Waals surface area contributed by atoms with Gasteiger partial charge in [0, 0.05) is 44.4 Å². The molecule has 37 heavy (non-hydrogen) atoms. The van der Waals surface area contributed by atoms with E-state index in [1.807, 2.05) is 25.4 Å². The average Bonchev–Trinajstić information content (AvgIpc) is 3.49. The third-order valence-corrected chi connectivity index (χ3v) is 7.57. The van der Waals surface area contributed by atoms with Crippen LogP contribution >= 0.6 is 0 Å². The quantitative estimate of drug-likeness (QED) is 0.571. The van der Waals surface area contributed by atoms with E-state index in [9.17, 15) is 14.7 Å². The highest BCUT2D eigenvalue weighted by Crippen LogP contribution is 2.29. The number of aliphatic hydroxyl groups excluding tert-OH is 1. The maximum absolute atomic E-state index is 13.4. The monoisotopic (exact) mass is 511 g/mol. The molecule has 1 aromatic carbocycles. The second kappa shape index (κ2) is 11.2. The Labute approximate surface area is 217 Å². The predicted molar refractivity (Wildman–Crippen MR) is 137 cm³/mol. The van der Waals surface area contributed by atoms with E-state index >= 15 is 0 Å². The molecule has 5 rings (SSSR count). The summed E-state index contributed by atoms with van der Waals surface area (Å²) in [6.07, 6.45) is 5.93. The molecule has 4 heterocycles. The van der Waals surface area contributed by atoms with Crippen LogP contribution in [0.3, 0.4) is 0 Å². The minimum atomic E-state index is -0.610. The molecule has 2 aromatic rings. The second-order valence-corrected chi connectivity index (χ2v) is 10.4. The van der Waals surface area contributed by atoms with Gasteiger partial charge in [0.15, 0.2) is 0 Å². The Kier molecular flexibility index (Phi) is 7.78. The number of benzene rings is 1. The molecule has 4 bridgehead atoms. The second-order valence-electron chi connectivity index (χ2n) is 10.4. The number of fused-ring (bicyclic) bond motifs is 5. The van der Waals surface area contributed by atoms with Crippen LogP contribution in [0, 0.1) is 0 Å². The van der Waals surface area contributed by atoms with Crippen LogP contribution in [0.15, 0.2) is 30.6 Å². The van der Waals surface area contributed by atoms with Crippen LogP contribution in [0.4, 0.5) is 0 Å². The van der Waals surface area contributed by atoms with Gasteiger partial charge in [0.1, 0.15) is 11.9 Å². The molecular formula is C27H37N5O5. The number of hydrogen-bond acceptors (Lipinski definition) is 7. The first-order valence-corrected chi connectivity index (χ1v) is 13.3.